The first-order valence-corrected chi connectivity index (χ1v) is 12.4. The molecule has 0 spiro atoms. The van der Waals surface area contributed by atoms with Gasteiger partial charge in [0.2, 0.25) is 0 Å². The Morgan fingerprint density at radius 2 is 1.85 bits per heavy atom. The molecular formula is C29H34O4. The summed E-state index contributed by atoms with van der Waals surface area (Å²) in [6, 6.07) is 8.87. The van der Waals surface area contributed by atoms with Crippen LogP contribution >= 0.6 is 0 Å². The van der Waals surface area contributed by atoms with Gasteiger partial charge in [-0.25, -0.2) is 4.79 Å². The first-order chi connectivity index (χ1) is 15.7. The molecule has 4 heteroatoms. The van der Waals surface area contributed by atoms with Gasteiger partial charge in [0.25, 0.3) is 0 Å². The van der Waals surface area contributed by atoms with E-state index in [0.717, 1.165) is 32.1 Å². The summed E-state index contributed by atoms with van der Waals surface area (Å²) in [5.41, 5.74) is -0.105. The number of ketones is 1. The van der Waals surface area contributed by atoms with Gasteiger partial charge >= 0.3 is 5.97 Å². The SMILES string of the molecule is C#C[C@]1(O)CC[C@H]2[C@@H]3CC[C@H]4CC(=O)/C(=C\OC(=O)c5ccccc5)C[C@]4(C)[C@H]3CC[C@@]21C. The maximum absolute atomic E-state index is 12.9. The maximum atomic E-state index is 12.9. The van der Waals surface area contributed by atoms with E-state index in [9.17, 15) is 14.7 Å². The predicted octanol–water partition coefficient (Wildman–Crippen LogP) is 5.31. The van der Waals surface area contributed by atoms with E-state index in [4.69, 9.17) is 11.2 Å². The summed E-state index contributed by atoms with van der Waals surface area (Å²) in [5.74, 6) is 4.24. The molecule has 0 saturated heterocycles. The smallest absolute Gasteiger partial charge is 0.342 e. The van der Waals surface area contributed by atoms with Crippen molar-refractivity contribution >= 4 is 11.8 Å². The second kappa shape index (κ2) is 7.84. The molecule has 0 amide bonds. The third-order valence-electron chi connectivity index (χ3n) is 10.1. The molecule has 174 valence electrons. The molecule has 0 aromatic heterocycles. The Balaban J connectivity index is 1.38. The van der Waals surface area contributed by atoms with Crippen molar-refractivity contribution in [3.63, 3.8) is 0 Å². The summed E-state index contributed by atoms with van der Waals surface area (Å²) >= 11 is 0. The minimum atomic E-state index is -1.00. The number of terminal acetylenes is 1. The van der Waals surface area contributed by atoms with Crippen LogP contribution in [-0.4, -0.2) is 22.5 Å². The maximum Gasteiger partial charge on any atom is 0.342 e. The average Bonchev–Trinajstić information content (AvgIpc) is 3.09. The van der Waals surface area contributed by atoms with Gasteiger partial charge in [-0.1, -0.05) is 38.0 Å². The molecule has 1 aromatic carbocycles. The summed E-state index contributed by atoms with van der Waals surface area (Å²) in [7, 11) is 0. The number of hydrogen-bond donors (Lipinski definition) is 1. The summed E-state index contributed by atoms with van der Waals surface area (Å²) < 4.78 is 5.45. The zero-order valence-electron chi connectivity index (χ0n) is 19.7. The molecule has 4 nitrogen and oxygen atoms in total. The number of Topliss-reactive ketones (excluding diaryl/α,β-unsaturated/α-hetero) is 1. The van der Waals surface area contributed by atoms with Crippen LogP contribution in [0.2, 0.25) is 0 Å². The molecule has 0 heterocycles. The van der Waals surface area contributed by atoms with Crippen molar-refractivity contribution in [2.75, 3.05) is 0 Å². The molecule has 33 heavy (non-hydrogen) atoms. The van der Waals surface area contributed by atoms with E-state index in [1.165, 1.54) is 6.26 Å². The molecule has 4 aliphatic carbocycles. The lowest BCUT2D eigenvalue weighted by Gasteiger charge is -2.60. The largest absolute Gasteiger partial charge is 0.430 e. The number of esters is 1. The van der Waals surface area contributed by atoms with Gasteiger partial charge in [-0.05, 0) is 86.2 Å². The van der Waals surface area contributed by atoms with Crippen molar-refractivity contribution in [2.24, 2.45) is 34.5 Å². The highest BCUT2D eigenvalue weighted by Gasteiger charge is 2.64. The van der Waals surface area contributed by atoms with Gasteiger partial charge in [-0.2, -0.15) is 0 Å². The number of allylic oxidation sites excluding steroid dienone is 1. The Morgan fingerprint density at radius 3 is 2.58 bits per heavy atom. The number of fused-ring (bicyclic) bond motifs is 5. The van der Waals surface area contributed by atoms with Crippen molar-refractivity contribution in [2.45, 2.75) is 70.8 Å². The number of carbonyl (C=O) groups is 2. The fourth-order valence-electron chi connectivity index (χ4n) is 8.14. The third kappa shape index (κ3) is 3.31. The van der Waals surface area contributed by atoms with Crippen LogP contribution in [0.4, 0.5) is 0 Å². The van der Waals surface area contributed by atoms with Crippen LogP contribution in [-0.2, 0) is 9.53 Å². The Morgan fingerprint density at radius 1 is 1.12 bits per heavy atom. The number of aliphatic hydroxyl groups is 1. The topological polar surface area (TPSA) is 63.6 Å². The van der Waals surface area contributed by atoms with Gasteiger partial charge in [0.1, 0.15) is 11.9 Å². The Hall–Kier alpha value is -2.38. The molecule has 4 saturated carbocycles. The number of carbonyl (C=O) groups excluding carboxylic acids is 2. The van der Waals surface area contributed by atoms with Crippen LogP contribution in [0.15, 0.2) is 42.2 Å². The van der Waals surface area contributed by atoms with Crippen LogP contribution < -0.4 is 0 Å². The van der Waals surface area contributed by atoms with Crippen LogP contribution in [0.1, 0.15) is 75.6 Å². The quantitative estimate of drug-likeness (QED) is 0.289. The molecule has 0 bridgehead atoms. The van der Waals surface area contributed by atoms with E-state index >= 15 is 0 Å². The molecule has 0 radical (unpaired) electrons. The van der Waals surface area contributed by atoms with Gasteiger partial charge in [0.15, 0.2) is 5.78 Å². The van der Waals surface area contributed by atoms with Gasteiger partial charge in [-0.3, -0.25) is 4.79 Å². The van der Waals surface area contributed by atoms with E-state index in [1.807, 2.05) is 6.07 Å². The highest BCUT2D eigenvalue weighted by atomic mass is 16.5. The standard InChI is InChI=1S/C29H34O4/c1-4-29(32)15-13-24-22-11-10-21-16-25(30)20(18-33-26(31)19-8-6-5-7-9-19)17-27(21,2)23(22)12-14-28(24,29)3/h1,5-9,18,21-24,32H,10-17H2,2-3H3/b20-18-/t21-,22+,23-,24-,27-,28-,29-/m0/s1. The summed E-state index contributed by atoms with van der Waals surface area (Å²) in [5, 5.41) is 11.2. The Labute approximate surface area is 196 Å². The van der Waals surface area contributed by atoms with Gasteiger partial charge in [0, 0.05) is 17.4 Å². The predicted molar refractivity (Wildman–Crippen MR) is 126 cm³/mol. The molecule has 1 aromatic rings. The lowest BCUT2D eigenvalue weighted by atomic mass is 9.44. The normalized spacial score (nSPS) is 43.2. The molecule has 7 atom stereocenters. The van der Waals surface area contributed by atoms with Gasteiger partial charge < -0.3 is 9.84 Å². The van der Waals surface area contributed by atoms with Crippen LogP contribution in [0, 0.1) is 46.8 Å². The van der Waals surface area contributed by atoms with Crippen molar-refractivity contribution in [1.29, 1.82) is 0 Å². The number of rotatable bonds is 2. The minimum absolute atomic E-state index is 0.00000650. The van der Waals surface area contributed by atoms with Crippen LogP contribution in [0.3, 0.4) is 0 Å². The zero-order chi connectivity index (χ0) is 23.4. The first kappa shape index (κ1) is 22.4. The first-order valence-electron chi connectivity index (χ1n) is 12.4. The van der Waals surface area contributed by atoms with E-state index in [0.29, 0.717) is 54.1 Å². The molecule has 1 N–H and O–H groups in total. The van der Waals surface area contributed by atoms with Crippen LogP contribution in [0.5, 0.6) is 0 Å². The zero-order valence-corrected chi connectivity index (χ0v) is 19.7. The van der Waals surface area contributed by atoms with Gasteiger partial charge in [-0.15, -0.1) is 6.42 Å². The number of benzene rings is 1. The highest BCUT2D eigenvalue weighted by molar-refractivity contribution is 5.97. The summed E-state index contributed by atoms with van der Waals surface area (Å²) in [4.78, 5) is 25.4. The highest BCUT2D eigenvalue weighted by Crippen LogP contribution is 2.68. The van der Waals surface area contributed by atoms with Crippen molar-refractivity contribution < 1.29 is 19.4 Å². The number of ether oxygens (including phenoxy) is 1. The van der Waals surface area contributed by atoms with E-state index in [-0.39, 0.29) is 16.6 Å². The average molecular weight is 447 g/mol. The molecular weight excluding hydrogens is 412 g/mol. The van der Waals surface area contributed by atoms with Crippen molar-refractivity contribution in [3.8, 4) is 12.3 Å². The van der Waals surface area contributed by atoms with Crippen molar-refractivity contribution in [3.05, 3.63) is 47.7 Å². The van der Waals surface area contributed by atoms with E-state index in [2.05, 4.69) is 19.8 Å². The lowest BCUT2D eigenvalue weighted by Crippen LogP contribution is -2.56. The number of hydrogen-bond acceptors (Lipinski definition) is 4. The second-order valence-corrected chi connectivity index (χ2v) is 11.4. The Kier molecular flexibility index (Phi) is 5.33. The monoisotopic (exact) mass is 446 g/mol. The fraction of sp³-hybridized carbons (Fsp3) is 0.586. The van der Waals surface area contributed by atoms with Gasteiger partial charge in [0.05, 0.1) is 5.56 Å². The molecule has 0 aliphatic heterocycles. The summed E-state index contributed by atoms with van der Waals surface area (Å²) in [6.07, 6.45) is 14.2. The molecule has 0 unspecified atom stereocenters. The Bertz CT molecular complexity index is 1040. The fourth-order valence-corrected chi connectivity index (χ4v) is 8.14. The minimum Gasteiger partial charge on any atom is -0.430 e. The van der Waals surface area contributed by atoms with Crippen LogP contribution in [0.25, 0.3) is 0 Å². The van der Waals surface area contributed by atoms with E-state index in [1.54, 1.807) is 24.3 Å². The van der Waals surface area contributed by atoms with Crippen molar-refractivity contribution in [1.82, 2.24) is 0 Å². The molecule has 5 rings (SSSR count). The summed E-state index contributed by atoms with van der Waals surface area (Å²) in [6.45, 7) is 4.55. The molecule has 4 aliphatic rings. The van der Waals surface area contributed by atoms with E-state index < -0.39 is 11.6 Å². The molecule has 4 fully saturated rings. The third-order valence-corrected chi connectivity index (χ3v) is 10.1. The second-order valence-electron chi connectivity index (χ2n) is 11.4. The lowest BCUT2D eigenvalue weighted by molar-refractivity contribution is -0.140.